The van der Waals surface area contributed by atoms with Gasteiger partial charge in [-0.3, -0.25) is 24.5 Å². The number of furan rings is 1. The number of alkyl carbamates (subject to hydrolysis) is 2. The summed E-state index contributed by atoms with van der Waals surface area (Å²) in [6, 6.07) is 23.5. The highest BCUT2D eigenvalue weighted by Gasteiger charge is 2.37. The molecule has 0 spiro atoms. The van der Waals surface area contributed by atoms with Gasteiger partial charge in [0.15, 0.2) is 12.0 Å². The molecule has 5 amide bonds. The van der Waals surface area contributed by atoms with E-state index in [0.717, 1.165) is 27.9 Å². The number of hydrogen-bond acceptors (Lipinski definition) is 13. The number of Topliss-reactive ketones (excluding diaryl/α,β-unsaturated/α-hetero) is 1. The lowest BCUT2D eigenvalue weighted by molar-refractivity contribution is -0.140. The molecule has 5 N–H and O–H groups in total. The van der Waals surface area contributed by atoms with E-state index in [1.807, 2.05) is 85.9 Å². The van der Waals surface area contributed by atoms with E-state index >= 15 is 0 Å². The lowest BCUT2D eigenvalue weighted by atomic mass is 10.1. The summed E-state index contributed by atoms with van der Waals surface area (Å²) < 4.78 is 15.9. The third-order valence-corrected chi connectivity index (χ3v) is 10.7. The molecule has 65 heavy (non-hydrogen) atoms. The quantitative estimate of drug-likeness (QED) is 0.0381. The highest BCUT2D eigenvalue weighted by molar-refractivity contribution is 6.01. The zero-order valence-electron chi connectivity index (χ0n) is 35.9. The molecule has 340 valence electrons. The van der Waals surface area contributed by atoms with Gasteiger partial charge in [-0.1, -0.05) is 65.8 Å². The number of likely N-dealkylation sites (tertiary alicyclic amines) is 3. The first-order chi connectivity index (χ1) is 31.4. The van der Waals surface area contributed by atoms with Crippen LogP contribution in [0.25, 0.3) is 11.0 Å². The molecule has 20 heteroatoms. The molecule has 0 saturated carbocycles. The molecule has 3 fully saturated rings. The molecule has 4 aromatic rings. The van der Waals surface area contributed by atoms with Gasteiger partial charge in [0.05, 0.1) is 25.7 Å². The second-order valence-electron chi connectivity index (χ2n) is 15.5. The van der Waals surface area contributed by atoms with Crippen molar-refractivity contribution < 1.29 is 47.9 Å². The van der Waals surface area contributed by atoms with Gasteiger partial charge in [-0.25, -0.2) is 14.6 Å². The van der Waals surface area contributed by atoms with E-state index in [2.05, 4.69) is 31.4 Å². The normalized spacial score (nSPS) is 19.2. The first-order valence-corrected chi connectivity index (χ1v) is 20.9. The second kappa shape index (κ2) is 22.4. The first-order valence-electron chi connectivity index (χ1n) is 20.9. The number of anilines is 1. The Kier molecular flexibility index (Phi) is 16.1. The number of hydrogen-bond donors (Lipinski definition) is 5. The van der Waals surface area contributed by atoms with Crippen molar-refractivity contribution in [3.63, 3.8) is 0 Å². The van der Waals surface area contributed by atoms with Crippen molar-refractivity contribution >= 4 is 64.0 Å². The maximum absolute atomic E-state index is 13.5. The number of nitrogens with zero attached hydrogens (tertiary/aromatic N) is 6. The minimum absolute atomic E-state index is 0.0106. The zero-order chi connectivity index (χ0) is 46.3. The minimum Gasteiger partial charge on any atom is -0.461 e. The van der Waals surface area contributed by atoms with Crippen LogP contribution < -0.4 is 21.3 Å². The van der Waals surface area contributed by atoms with Crippen molar-refractivity contribution in [3.05, 3.63) is 102 Å². The number of carbonyl (C=O) groups is 6. The molecule has 20 nitrogen and oxygen atoms in total. The number of fused-ring (bicyclic) bond motifs is 1. The van der Waals surface area contributed by atoms with Gasteiger partial charge in [0.25, 0.3) is 0 Å². The average Bonchev–Trinajstić information content (AvgIpc) is 3.97. The maximum atomic E-state index is 13.5. The van der Waals surface area contributed by atoms with Crippen LogP contribution in [0.1, 0.15) is 43.1 Å². The predicted octanol–water partition coefficient (Wildman–Crippen LogP) is 3.64. The van der Waals surface area contributed by atoms with E-state index in [4.69, 9.17) is 13.9 Å². The molecule has 3 aromatic carbocycles. The summed E-state index contributed by atoms with van der Waals surface area (Å²) in [7, 11) is 0. The summed E-state index contributed by atoms with van der Waals surface area (Å²) >= 11 is 0. The van der Waals surface area contributed by atoms with E-state index in [1.54, 1.807) is 12.1 Å². The Morgan fingerprint density at radius 3 is 2.12 bits per heavy atom. The van der Waals surface area contributed by atoms with E-state index < -0.39 is 30.3 Å². The first kappa shape index (κ1) is 46.6. The smallest absolute Gasteiger partial charge is 0.408 e. The molecule has 3 aliphatic rings. The zero-order valence-corrected chi connectivity index (χ0v) is 35.9. The Morgan fingerprint density at radius 1 is 0.862 bits per heavy atom. The molecular formula is C45H50N10O10. The molecule has 3 atom stereocenters. The second-order valence-corrected chi connectivity index (χ2v) is 15.5. The molecule has 4 heterocycles. The van der Waals surface area contributed by atoms with Crippen LogP contribution in [0.5, 0.6) is 0 Å². The van der Waals surface area contributed by atoms with Crippen LogP contribution in [-0.4, -0.2) is 125 Å². The van der Waals surface area contributed by atoms with Crippen LogP contribution in [0, 0.1) is 18.4 Å². The number of benzene rings is 3. The Bertz CT molecular complexity index is 2450. The van der Waals surface area contributed by atoms with Crippen LogP contribution in [0.2, 0.25) is 0 Å². The summed E-state index contributed by atoms with van der Waals surface area (Å²) in [4.78, 5) is 82.4. The van der Waals surface area contributed by atoms with Crippen LogP contribution >= 0.6 is 0 Å². The predicted molar refractivity (Wildman–Crippen MR) is 235 cm³/mol. The van der Waals surface area contributed by atoms with Crippen LogP contribution in [0.15, 0.2) is 99.5 Å². The number of ether oxygens (including phenoxy) is 2. The summed E-state index contributed by atoms with van der Waals surface area (Å²) in [5, 5.41) is 33.7. The number of rotatable bonds is 10. The van der Waals surface area contributed by atoms with E-state index in [1.165, 1.54) is 21.6 Å². The topological polar surface area (TPSA) is 261 Å². The SMILES string of the molecule is CC(=O)N1CC(=O)C(NC(=O)OCc2ccccc2)C1.Cc1cc2cc(NC(=N[C@H]3CCCCN(CC(=O)N4C/C(=N/O)C(NC(=O)OCc5ccccc5)C4)C3=O)NC#N)ccc2o1. The van der Waals surface area contributed by atoms with Gasteiger partial charge in [0.1, 0.15) is 42.4 Å². The van der Waals surface area contributed by atoms with Gasteiger partial charge in [0.2, 0.25) is 23.7 Å². The number of amides is 5. The van der Waals surface area contributed by atoms with Crippen LogP contribution in [-0.2, 0) is 41.9 Å². The third kappa shape index (κ3) is 13.3. The average molecular weight is 891 g/mol. The Labute approximate surface area is 374 Å². The summed E-state index contributed by atoms with van der Waals surface area (Å²) in [5.74, 6) is -0.188. The fourth-order valence-corrected chi connectivity index (χ4v) is 7.30. The van der Waals surface area contributed by atoms with Crippen molar-refractivity contribution in [2.45, 2.75) is 64.4 Å². The number of aliphatic imine (C=N–C) groups is 1. The molecule has 1 aromatic heterocycles. The molecule has 7 rings (SSSR count). The Hall–Kier alpha value is -7.95. The number of carbonyl (C=O) groups excluding carboxylic acids is 6. The van der Waals surface area contributed by atoms with Crippen molar-refractivity contribution in [2.75, 3.05) is 44.6 Å². The molecular weight excluding hydrogens is 841 g/mol. The highest BCUT2D eigenvalue weighted by atomic mass is 16.6. The van der Waals surface area contributed by atoms with E-state index in [-0.39, 0.29) is 81.1 Å². The van der Waals surface area contributed by atoms with Gasteiger partial charge >= 0.3 is 12.2 Å². The fraction of sp³-hybridized carbons (Fsp3) is 0.356. The van der Waals surface area contributed by atoms with Crippen molar-refractivity contribution in [1.82, 2.24) is 30.7 Å². The van der Waals surface area contributed by atoms with Gasteiger partial charge in [-0.15, -0.1) is 0 Å². The summed E-state index contributed by atoms with van der Waals surface area (Å²) in [5.41, 5.74) is 3.26. The van der Waals surface area contributed by atoms with Crippen molar-refractivity contribution in [3.8, 4) is 6.19 Å². The monoisotopic (exact) mass is 890 g/mol. The number of nitriles is 1. The fourth-order valence-electron chi connectivity index (χ4n) is 7.30. The highest BCUT2D eigenvalue weighted by Crippen LogP contribution is 2.23. The maximum Gasteiger partial charge on any atom is 0.408 e. The number of nitrogens with one attached hydrogen (secondary N) is 4. The molecule has 3 saturated heterocycles. The molecule has 0 aliphatic carbocycles. The van der Waals surface area contributed by atoms with Crippen molar-refractivity contribution in [2.24, 2.45) is 10.1 Å². The summed E-state index contributed by atoms with van der Waals surface area (Å²) in [6.07, 6.45) is 2.32. The number of ketones is 1. The molecule has 0 bridgehead atoms. The molecule has 3 aliphatic heterocycles. The standard InChI is InChI=1S/C31H34N8O6.C14H16N2O4/c1-20-13-22-14-23(10-11-27(22)45-20)34-30(33-19-32)35-24-9-5-6-12-38(29(24)41)17-28(40)39-15-25(26(16-39)37-43)36-31(42)44-18-21-7-3-2-4-8-21;1-10(17)16-7-12(13(18)8-16)15-14(19)20-9-11-5-3-2-4-6-11/h2-4,7-8,10-11,13-14,24-25,43H,5-6,9,12,15-18H2,1H3,(H,36,42)(H2,33,34,35);2-6,12H,7-9H2,1H3,(H,15,19)/b37-26-;/t24-,25?;/m0./s1. The van der Waals surface area contributed by atoms with Gasteiger partial charge in [-0.05, 0) is 61.6 Å². The van der Waals surface area contributed by atoms with Crippen LogP contribution in [0.3, 0.4) is 0 Å². The van der Waals surface area contributed by atoms with Gasteiger partial charge in [0, 0.05) is 37.6 Å². The van der Waals surface area contributed by atoms with Crippen LogP contribution in [0.4, 0.5) is 15.3 Å². The third-order valence-electron chi connectivity index (χ3n) is 10.7. The van der Waals surface area contributed by atoms with E-state index in [9.17, 15) is 39.2 Å². The summed E-state index contributed by atoms with van der Waals surface area (Å²) in [6.45, 7) is 3.90. The van der Waals surface area contributed by atoms with E-state index in [0.29, 0.717) is 31.5 Å². The lowest BCUT2D eigenvalue weighted by Gasteiger charge is -2.25. The Balaban J connectivity index is 0.000000292. The minimum atomic E-state index is -0.814. The van der Waals surface area contributed by atoms with Gasteiger partial charge in [-0.2, -0.15) is 5.26 Å². The van der Waals surface area contributed by atoms with Gasteiger partial charge < -0.3 is 49.7 Å². The number of oxime groups is 1. The number of guanidine groups is 1. The lowest BCUT2D eigenvalue weighted by Crippen LogP contribution is -2.46. The molecule has 0 radical (unpaired) electrons. The Morgan fingerprint density at radius 2 is 1.51 bits per heavy atom. The largest absolute Gasteiger partial charge is 0.461 e. The number of aryl methyl sites for hydroxylation is 1. The van der Waals surface area contributed by atoms with Crippen molar-refractivity contribution in [1.29, 1.82) is 5.26 Å². The molecule has 2 unspecified atom stereocenters.